The van der Waals surface area contributed by atoms with Crippen molar-refractivity contribution in [1.82, 2.24) is 15.1 Å². The highest BCUT2D eigenvalue weighted by Gasteiger charge is 2.16. The average molecular weight is 382 g/mol. The molecule has 0 saturated heterocycles. The Kier molecular flexibility index (Phi) is 6.01. The van der Waals surface area contributed by atoms with E-state index >= 15 is 0 Å². The normalized spacial score (nSPS) is 12.7. The second-order valence-electron chi connectivity index (χ2n) is 6.49. The van der Waals surface area contributed by atoms with Crippen LogP contribution < -0.4 is 10.0 Å². The first-order chi connectivity index (χ1) is 12.0. The summed E-state index contributed by atoms with van der Waals surface area (Å²) in [4.78, 5) is 12.4. The Balaban J connectivity index is 2.05. The average Bonchev–Trinajstić information content (AvgIpc) is 2.83. The van der Waals surface area contributed by atoms with Crippen LogP contribution in [0.1, 0.15) is 28.7 Å². The summed E-state index contributed by atoms with van der Waals surface area (Å²) in [6.45, 7) is 6.79. The van der Waals surface area contributed by atoms with Gasteiger partial charge in [0.2, 0.25) is 10.0 Å². The molecule has 2 rings (SSSR count). The molecule has 0 aliphatic rings. The first-order valence-corrected chi connectivity index (χ1v) is 10.0. The highest BCUT2D eigenvalue weighted by Crippen LogP contribution is 2.18. The van der Waals surface area contributed by atoms with Crippen LogP contribution in [0.3, 0.4) is 0 Å². The fraction of sp³-hybridized carbons (Fsp3) is 0.412. The lowest BCUT2D eigenvalue weighted by molar-refractivity contribution is 0.0947. The van der Waals surface area contributed by atoms with Crippen molar-refractivity contribution in [3.05, 3.63) is 47.0 Å². The van der Waals surface area contributed by atoms with Crippen molar-refractivity contribution in [3.63, 3.8) is 0 Å². The first kappa shape index (κ1) is 19.9. The summed E-state index contributed by atoms with van der Waals surface area (Å²) in [5.74, 6) is -1.09. The summed E-state index contributed by atoms with van der Waals surface area (Å²) in [5, 5.41) is 7.10. The van der Waals surface area contributed by atoms with E-state index in [2.05, 4.69) is 15.1 Å². The number of amides is 1. The summed E-state index contributed by atoms with van der Waals surface area (Å²) in [6, 6.07) is 5.30. The molecule has 0 spiro atoms. The molecule has 1 atom stereocenters. The molecule has 1 aromatic heterocycles. The lowest BCUT2D eigenvalue weighted by atomic mass is 10.1. The number of hydrogen-bond acceptors (Lipinski definition) is 4. The van der Waals surface area contributed by atoms with Crippen molar-refractivity contribution in [2.24, 2.45) is 5.92 Å². The number of carbonyl (C=O) groups excluding carboxylic acids is 1. The van der Waals surface area contributed by atoms with Gasteiger partial charge in [-0.3, -0.25) is 14.2 Å². The Morgan fingerprint density at radius 2 is 2.00 bits per heavy atom. The van der Waals surface area contributed by atoms with Gasteiger partial charge in [-0.15, -0.1) is 0 Å². The third kappa shape index (κ3) is 5.55. The standard InChI is InChI=1S/C17H23FN4O3S/c1-11(10-22-13(3)7-12(2)20-22)9-19-17(23)15-8-14(18)5-6-16(15)21-26(4,24)25/h5-8,11,21H,9-10H2,1-4H3,(H,19,23). The molecular formula is C17H23FN4O3S. The Labute approximate surface area is 152 Å². The number of sulfonamides is 1. The molecule has 2 N–H and O–H groups in total. The topological polar surface area (TPSA) is 93.1 Å². The fourth-order valence-electron chi connectivity index (χ4n) is 2.57. The van der Waals surface area contributed by atoms with Crippen LogP contribution in [0.15, 0.2) is 24.3 Å². The Bertz CT molecular complexity index is 909. The zero-order valence-corrected chi connectivity index (χ0v) is 16.0. The molecule has 26 heavy (non-hydrogen) atoms. The van der Waals surface area contributed by atoms with E-state index in [1.54, 1.807) is 0 Å². The number of carbonyl (C=O) groups is 1. The molecule has 0 aliphatic heterocycles. The van der Waals surface area contributed by atoms with Gasteiger partial charge in [-0.1, -0.05) is 6.92 Å². The van der Waals surface area contributed by atoms with Gasteiger partial charge in [0, 0.05) is 18.8 Å². The number of nitrogens with one attached hydrogen (secondary N) is 2. The fourth-order valence-corrected chi connectivity index (χ4v) is 3.15. The molecule has 9 heteroatoms. The second kappa shape index (κ2) is 7.86. The summed E-state index contributed by atoms with van der Waals surface area (Å²) in [6.07, 6.45) is 0.967. The minimum atomic E-state index is -3.58. The maximum absolute atomic E-state index is 13.5. The van der Waals surface area contributed by atoms with Gasteiger partial charge in [-0.2, -0.15) is 5.10 Å². The van der Waals surface area contributed by atoms with Crippen LogP contribution in [0.2, 0.25) is 0 Å². The highest BCUT2D eigenvalue weighted by atomic mass is 32.2. The van der Waals surface area contributed by atoms with E-state index in [-0.39, 0.29) is 17.2 Å². The maximum Gasteiger partial charge on any atom is 0.253 e. The van der Waals surface area contributed by atoms with E-state index in [1.165, 1.54) is 6.07 Å². The van der Waals surface area contributed by atoms with Crippen LogP contribution in [0, 0.1) is 25.6 Å². The van der Waals surface area contributed by atoms with Crippen LogP contribution >= 0.6 is 0 Å². The monoisotopic (exact) mass is 382 g/mol. The van der Waals surface area contributed by atoms with Gasteiger partial charge in [0.1, 0.15) is 5.82 Å². The van der Waals surface area contributed by atoms with Gasteiger partial charge in [0.25, 0.3) is 5.91 Å². The second-order valence-corrected chi connectivity index (χ2v) is 8.24. The third-order valence-corrected chi connectivity index (χ3v) is 4.31. The number of benzene rings is 1. The maximum atomic E-state index is 13.5. The summed E-state index contributed by atoms with van der Waals surface area (Å²) in [5.41, 5.74) is 1.94. The Hall–Kier alpha value is -2.42. The molecule has 2 aromatic rings. The summed E-state index contributed by atoms with van der Waals surface area (Å²) >= 11 is 0. The van der Waals surface area contributed by atoms with Crippen LogP contribution in [0.5, 0.6) is 0 Å². The Morgan fingerprint density at radius 1 is 1.31 bits per heavy atom. The van der Waals surface area contributed by atoms with E-state index in [1.807, 2.05) is 31.5 Å². The van der Waals surface area contributed by atoms with Gasteiger partial charge in [-0.25, -0.2) is 12.8 Å². The van der Waals surface area contributed by atoms with Crippen molar-refractivity contribution in [3.8, 4) is 0 Å². The molecule has 0 radical (unpaired) electrons. The van der Waals surface area contributed by atoms with Crippen molar-refractivity contribution in [2.45, 2.75) is 27.3 Å². The summed E-state index contributed by atoms with van der Waals surface area (Å²) < 4.78 is 40.4. The molecule has 7 nitrogen and oxygen atoms in total. The van der Waals surface area contributed by atoms with Crippen LogP contribution in [-0.2, 0) is 16.6 Å². The van der Waals surface area contributed by atoms with Crippen LogP contribution in [0.4, 0.5) is 10.1 Å². The largest absolute Gasteiger partial charge is 0.352 e. The van der Waals surface area contributed by atoms with Crippen LogP contribution in [0.25, 0.3) is 0 Å². The van der Waals surface area contributed by atoms with Crippen molar-refractivity contribution in [1.29, 1.82) is 0 Å². The molecule has 0 fully saturated rings. The molecule has 0 saturated carbocycles. The number of aryl methyl sites for hydroxylation is 2. The lowest BCUT2D eigenvalue weighted by Gasteiger charge is -2.15. The smallest absolute Gasteiger partial charge is 0.253 e. The number of hydrogen-bond donors (Lipinski definition) is 2. The molecule has 1 aromatic carbocycles. The predicted octanol–water partition coefficient (Wildman–Crippen LogP) is 2.08. The molecule has 1 heterocycles. The number of nitrogens with zero attached hydrogens (tertiary/aromatic N) is 2. The molecule has 0 aliphatic carbocycles. The zero-order chi connectivity index (χ0) is 19.5. The third-order valence-electron chi connectivity index (χ3n) is 3.72. The van der Waals surface area contributed by atoms with Gasteiger partial charge >= 0.3 is 0 Å². The Morgan fingerprint density at radius 3 is 2.58 bits per heavy atom. The number of halogens is 1. The molecule has 0 bridgehead atoms. The number of aromatic nitrogens is 2. The van der Waals surface area contributed by atoms with Gasteiger partial charge in [0.05, 0.1) is 23.2 Å². The SMILES string of the molecule is Cc1cc(C)n(CC(C)CNC(=O)c2cc(F)ccc2NS(C)(=O)=O)n1. The van der Waals surface area contributed by atoms with Gasteiger partial charge < -0.3 is 5.32 Å². The highest BCUT2D eigenvalue weighted by molar-refractivity contribution is 7.92. The first-order valence-electron chi connectivity index (χ1n) is 8.12. The number of rotatable bonds is 7. The van der Waals surface area contributed by atoms with E-state index in [4.69, 9.17) is 0 Å². The quantitative estimate of drug-likeness (QED) is 0.767. The van der Waals surface area contributed by atoms with E-state index in [0.29, 0.717) is 13.1 Å². The van der Waals surface area contributed by atoms with Gasteiger partial charge in [0.15, 0.2) is 0 Å². The molecular weight excluding hydrogens is 359 g/mol. The predicted molar refractivity (Wildman–Crippen MR) is 98.1 cm³/mol. The summed E-state index contributed by atoms with van der Waals surface area (Å²) in [7, 11) is -3.58. The number of anilines is 1. The van der Waals surface area contributed by atoms with E-state index < -0.39 is 21.7 Å². The molecule has 1 amide bonds. The molecule has 1 unspecified atom stereocenters. The lowest BCUT2D eigenvalue weighted by Crippen LogP contribution is -2.31. The van der Waals surface area contributed by atoms with E-state index in [9.17, 15) is 17.6 Å². The van der Waals surface area contributed by atoms with Crippen molar-refractivity contribution < 1.29 is 17.6 Å². The molecule has 142 valence electrons. The van der Waals surface area contributed by atoms with Crippen molar-refractivity contribution in [2.75, 3.05) is 17.5 Å². The minimum absolute atomic E-state index is 0.0394. The zero-order valence-electron chi connectivity index (χ0n) is 15.2. The van der Waals surface area contributed by atoms with Crippen molar-refractivity contribution >= 4 is 21.6 Å². The minimum Gasteiger partial charge on any atom is -0.352 e. The van der Waals surface area contributed by atoms with Crippen LogP contribution in [-0.4, -0.2) is 36.9 Å². The van der Waals surface area contributed by atoms with Gasteiger partial charge in [-0.05, 0) is 44.0 Å². The van der Waals surface area contributed by atoms with E-state index in [0.717, 1.165) is 29.8 Å².